The fraction of sp³-hybridized carbons (Fsp3) is 0.227. The molecule has 1 aromatic carbocycles. The molecule has 0 aliphatic rings. The van der Waals surface area contributed by atoms with Gasteiger partial charge in [0.15, 0.2) is 5.65 Å². The zero-order valence-corrected chi connectivity index (χ0v) is 17.7. The molecule has 0 radical (unpaired) electrons. The van der Waals surface area contributed by atoms with E-state index in [9.17, 15) is 9.18 Å². The summed E-state index contributed by atoms with van der Waals surface area (Å²) in [4.78, 5) is 20.6. The lowest BCUT2D eigenvalue weighted by Crippen LogP contribution is -2.31. The van der Waals surface area contributed by atoms with Crippen LogP contribution in [0.4, 0.5) is 4.39 Å². The summed E-state index contributed by atoms with van der Waals surface area (Å²) in [7, 11) is 3.56. The summed E-state index contributed by atoms with van der Waals surface area (Å²) >= 11 is 1.57. The van der Waals surface area contributed by atoms with E-state index in [1.807, 2.05) is 37.6 Å². The smallest absolute Gasteiger partial charge is 0.254 e. The van der Waals surface area contributed by atoms with Gasteiger partial charge in [0.25, 0.3) is 5.91 Å². The number of carbonyl (C=O) groups excluding carboxylic acids is 1. The predicted octanol–water partition coefficient (Wildman–Crippen LogP) is 4.30. The minimum Gasteiger partial charge on any atom is -0.492 e. The molecule has 0 aliphatic heterocycles. The summed E-state index contributed by atoms with van der Waals surface area (Å²) in [5.74, 6) is 0.121. The Labute approximate surface area is 177 Å². The van der Waals surface area contributed by atoms with Gasteiger partial charge in [-0.15, -0.1) is 11.3 Å². The first-order valence-corrected chi connectivity index (χ1v) is 10.3. The van der Waals surface area contributed by atoms with Crippen molar-refractivity contribution >= 4 is 28.3 Å². The van der Waals surface area contributed by atoms with Crippen molar-refractivity contribution < 1.29 is 13.9 Å². The SMILES string of the molecule is Cc1nn(C)c2nc(-c3cccs3)cc(C(=O)N(C)CCOc3ccc(F)cc3)c12. The number of hydrogen-bond donors (Lipinski definition) is 0. The summed E-state index contributed by atoms with van der Waals surface area (Å²) in [6, 6.07) is 11.6. The van der Waals surface area contributed by atoms with Gasteiger partial charge in [-0.2, -0.15) is 5.10 Å². The van der Waals surface area contributed by atoms with E-state index in [4.69, 9.17) is 9.72 Å². The van der Waals surface area contributed by atoms with Crippen LogP contribution in [0.15, 0.2) is 47.8 Å². The Hall–Kier alpha value is -3.26. The number of thiophene rings is 1. The van der Waals surface area contributed by atoms with Gasteiger partial charge >= 0.3 is 0 Å². The van der Waals surface area contributed by atoms with E-state index in [0.29, 0.717) is 30.1 Å². The van der Waals surface area contributed by atoms with Crippen LogP contribution in [-0.2, 0) is 7.05 Å². The van der Waals surface area contributed by atoms with Crippen molar-refractivity contribution in [3.63, 3.8) is 0 Å². The normalized spacial score (nSPS) is 11.1. The molecule has 0 spiro atoms. The highest BCUT2D eigenvalue weighted by Crippen LogP contribution is 2.29. The van der Waals surface area contributed by atoms with Gasteiger partial charge in [0.05, 0.1) is 33.8 Å². The lowest BCUT2D eigenvalue weighted by atomic mass is 10.1. The molecule has 3 heterocycles. The van der Waals surface area contributed by atoms with E-state index in [-0.39, 0.29) is 11.7 Å². The first kappa shape index (κ1) is 20.0. The number of hydrogen-bond acceptors (Lipinski definition) is 5. The van der Waals surface area contributed by atoms with Crippen LogP contribution in [0.2, 0.25) is 0 Å². The van der Waals surface area contributed by atoms with E-state index in [2.05, 4.69) is 5.10 Å². The molecule has 3 aromatic heterocycles. The Balaban J connectivity index is 1.59. The number of carbonyl (C=O) groups is 1. The van der Waals surface area contributed by atoms with E-state index < -0.39 is 0 Å². The molecular formula is C22H21FN4O2S. The third-order valence-corrected chi connectivity index (χ3v) is 5.72. The van der Waals surface area contributed by atoms with Crippen LogP contribution in [0, 0.1) is 12.7 Å². The van der Waals surface area contributed by atoms with Gasteiger partial charge in [-0.3, -0.25) is 9.48 Å². The summed E-state index contributed by atoms with van der Waals surface area (Å²) in [6.07, 6.45) is 0. The van der Waals surface area contributed by atoms with Crippen molar-refractivity contribution in [1.29, 1.82) is 0 Å². The molecule has 0 unspecified atom stereocenters. The van der Waals surface area contributed by atoms with E-state index >= 15 is 0 Å². The second-order valence-electron chi connectivity index (χ2n) is 6.97. The van der Waals surface area contributed by atoms with Crippen molar-refractivity contribution in [3.8, 4) is 16.3 Å². The van der Waals surface area contributed by atoms with E-state index in [1.165, 1.54) is 12.1 Å². The molecule has 8 heteroatoms. The van der Waals surface area contributed by atoms with Gasteiger partial charge < -0.3 is 9.64 Å². The molecule has 0 saturated carbocycles. The molecule has 0 aliphatic carbocycles. The van der Waals surface area contributed by atoms with Crippen LogP contribution in [0.25, 0.3) is 21.6 Å². The molecule has 0 atom stereocenters. The molecule has 4 aromatic rings. The number of rotatable bonds is 6. The number of fused-ring (bicyclic) bond motifs is 1. The maximum absolute atomic E-state index is 13.3. The third-order valence-electron chi connectivity index (χ3n) is 4.83. The highest BCUT2D eigenvalue weighted by molar-refractivity contribution is 7.13. The first-order valence-electron chi connectivity index (χ1n) is 9.46. The molecule has 30 heavy (non-hydrogen) atoms. The number of halogens is 1. The average Bonchev–Trinajstić information content (AvgIpc) is 3.37. The summed E-state index contributed by atoms with van der Waals surface area (Å²) in [5, 5.41) is 7.20. The summed E-state index contributed by atoms with van der Waals surface area (Å²) in [6.45, 7) is 2.56. The standard InChI is InChI=1S/C22H21FN4O2S/c1-14-20-17(13-18(19-5-4-12-30-19)24-21(20)27(3)25-14)22(28)26(2)10-11-29-16-8-6-15(23)7-9-16/h4-9,12-13H,10-11H2,1-3H3. The number of pyridine rings is 1. The number of benzene rings is 1. The summed E-state index contributed by atoms with van der Waals surface area (Å²) < 4.78 is 20.3. The average molecular weight is 425 g/mol. The van der Waals surface area contributed by atoms with Gasteiger partial charge in [-0.05, 0) is 48.7 Å². The number of aromatic nitrogens is 3. The quantitative estimate of drug-likeness (QED) is 0.463. The van der Waals surface area contributed by atoms with Crippen molar-refractivity contribution in [2.45, 2.75) is 6.92 Å². The lowest BCUT2D eigenvalue weighted by Gasteiger charge is -2.18. The van der Waals surface area contributed by atoms with Crippen LogP contribution in [0.3, 0.4) is 0 Å². The Morgan fingerprint density at radius 1 is 1.27 bits per heavy atom. The number of aryl methyl sites for hydroxylation is 2. The maximum atomic E-state index is 13.3. The summed E-state index contributed by atoms with van der Waals surface area (Å²) in [5.41, 5.74) is 2.76. The zero-order valence-electron chi connectivity index (χ0n) is 16.9. The molecule has 4 rings (SSSR count). The van der Waals surface area contributed by atoms with Gasteiger partial charge in [0, 0.05) is 14.1 Å². The predicted molar refractivity (Wildman–Crippen MR) is 115 cm³/mol. The minimum absolute atomic E-state index is 0.126. The van der Waals surface area contributed by atoms with Gasteiger partial charge in [-0.25, -0.2) is 9.37 Å². The Morgan fingerprint density at radius 3 is 2.73 bits per heavy atom. The topological polar surface area (TPSA) is 60.2 Å². The minimum atomic E-state index is -0.315. The molecule has 0 saturated heterocycles. The Morgan fingerprint density at radius 2 is 2.03 bits per heavy atom. The molecule has 6 nitrogen and oxygen atoms in total. The van der Waals surface area contributed by atoms with Crippen molar-refractivity contribution in [1.82, 2.24) is 19.7 Å². The van der Waals surface area contributed by atoms with Crippen LogP contribution >= 0.6 is 11.3 Å². The van der Waals surface area contributed by atoms with Gasteiger partial charge in [0.2, 0.25) is 0 Å². The highest BCUT2D eigenvalue weighted by Gasteiger charge is 2.22. The number of ether oxygens (including phenoxy) is 1. The molecule has 0 fully saturated rings. The zero-order chi connectivity index (χ0) is 21.3. The van der Waals surface area contributed by atoms with Crippen LogP contribution < -0.4 is 4.74 Å². The van der Waals surface area contributed by atoms with E-state index in [1.54, 1.807) is 40.1 Å². The maximum Gasteiger partial charge on any atom is 0.254 e. The molecular weight excluding hydrogens is 403 g/mol. The highest BCUT2D eigenvalue weighted by atomic mass is 32.1. The van der Waals surface area contributed by atoms with Crippen molar-refractivity contribution in [2.75, 3.05) is 20.2 Å². The fourth-order valence-electron chi connectivity index (χ4n) is 3.30. The lowest BCUT2D eigenvalue weighted by molar-refractivity contribution is 0.0775. The molecule has 154 valence electrons. The van der Waals surface area contributed by atoms with Crippen molar-refractivity contribution in [2.24, 2.45) is 7.05 Å². The monoisotopic (exact) mass is 424 g/mol. The molecule has 0 N–H and O–H groups in total. The van der Waals surface area contributed by atoms with Crippen LogP contribution in [0.1, 0.15) is 16.1 Å². The number of amides is 1. The third kappa shape index (κ3) is 3.91. The molecule has 0 bridgehead atoms. The number of nitrogens with zero attached hydrogens (tertiary/aromatic N) is 4. The number of likely N-dealkylation sites (N-methyl/N-ethyl adjacent to an activating group) is 1. The second kappa shape index (κ2) is 8.23. The van der Waals surface area contributed by atoms with Gasteiger partial charge in [-0.1, -0.05) is 6.07 Å². The van der Waals surface area contributed by atoms with E-state index in [0.717, 1.165) is 21.7 Å². The largest absolute Gasteiger partial charge is 0.492 e. The van der Waals surface area contributed by atoms with Crippen LogP contribution in [-0.4, -0.2) is 45.8 Å². The van der Waals surface area contributed by atoms with Crippen LogP contribution in [0.5, 0.6) is 5.75 Å². The molecule has 1 amide bonds. The van der Waals surface area contributed by atoms with Crippen molar-refractivity contribution in [3.05, 3.63) is 64.9 Å². The fourth-order valence-corrected chi connectivity index (χ4v) is 3.99. The first-order chi connectivity index (χ1) is 14.4. The van der Waals surface area contributed by atoms with Gasteiger partial charge in [0.1, 0.15) is 18.2 Å². The second-order valence-corrected chi connectivity index (χ2v) is 7.92. The Kier molecular flexibility index (Phi) is 5.50. The Bertz CT molecular complexity index is 1190.